The molecule has 24 heavy (non-hydrogen) atoms. The number of thiocarbonyl (C=S) groups is 1. The van der Waals surface area contributed by atoms with Crippen LogP contribution in [0.2, 0.25) is 5.02 Å². The Balaban J connectivity index is 1.57. The van der Waals surface area contributed by atoms with Crippen molar-refractivity contribution in [2.45, 2.75) is 25.5 Å². The van der Waals surface area contributed by atoms with Crippen molar-refractivity contribution in [1.29, 1.82) is 0 Å². The van der Waals surface area contributed by atoms with Crippen molar-refractivity contribution in [2.75, 3.05) is 18.5 Å². The maximum absolute atomic E-state index is 13.7. The lowest BCUT2D eigenvalue weighted by Crippen LogP contribution is -2.35. The van der Waals surface area contributed by atoms with E-state index in [2.05, 4.69) is 15.7 Å². The molecule has 1 saturated heterocycles. The Morgan fingerprint density at radius 3 is 3.04 bits per heavy atom. The molecule has 1 aromatic carbocycles. The van der Waals surface area contributed by atoms with Crippen LogP contribution < -0.4 is 10.6 Å². The van der Waals surface area contributed by atoms with Gasteiger partial charge in [0.25, 0.3) is 0 Å². The Kier molecular flexibility index (Phi) is 5.65. The minimum atomic E-state index is -0.271. The van der Waals surface area contributed by atoms with Crippen LogP contribution >= 0.6 is 23.8 Å². The average molecular weight is 369 g/mol. The highest BCUT2D eigenvalue weighted by molar-refractivity contribution is 7.80. The summed E-state index contributed by atoms with van der Waals surface area (Å²) in [6, 6.07) is 6.57. The molecule has 0 spiro atoms. The van der Waals surface area contributed by atoms with Gasteiger partial charge in [-0.15, -0.1) is 0 Å². The first kappa shape index (κ1) is 17.1. The number of anilines is 1. The van der Waals surface area contributed by atoms with Crippen LogP contribution in [0.3, 0.4) is 0 Å². The van der Waals surface area contributed by atoms with Crippen molar-refractivity contribution in [1.82, 2.24) is 15.1 Å². The zero-order valence-corrected chi connectivity index (χ0v) is 14.5. The van der Waals surface area contributed by atoms with Crippen LogP contribution in [-0.4, -0.2) is 34.1 Å². The molecular formula is C16H18ClFN4OS. The average Bonchev–Trinajstić information content (AvgIpc) is 3.18. The summed E-state index contributed by atoms with van der Waals surface area (Å²) in [7, 11) is 0. The van der Waals surface area contributed by atoms with E-state index in [9.17, 15) is 4.39 Å². The van der Waals surface area contributed by atoms with E-state index in [-0.39, 0.29) is 11.9 Å². The normalized spacial score (nSPS) is 17.0. The number of rotatable bonds is 5. The number of aromatic nitrogens is 2. The maximum atomic E-state index is 13.7. The van der Waals surface area contributed by atoms with Gasteiger partial charge in [-0.25, -0.2) is 4.39 Å². The molecule has 2 N–H and O–H groups in total. The van der Waals surface area contributed by atoms with Crippen molar-refractivity contribution in [3.63, 3.8) is 0 Å². The Morgan fingerprint density at radius 1 is 1.46 bits per heavy atom. The Labute approximate surface area is 150 Å². The van der Waals surface area contributed by atoms with Gasteiger partial charge in [0.1, 0.15) is 10.8 Å². The minimum Gasteiger partial charge on any atom is -0.376 e. The van der Waals surface area contributed by atoms with Crippen LogP contribution in [0.5, 0.6) is 0 Å². The van der Waals surface area contributed by atoms with Crippen LogP contribution in [0.15, 0.2) is 30.5 Å². The van der Waals surface area contributed by atoms with Crippen molar-refractivity contribution in [3.8, 4) is 0 Å². The third kappa shape index (κ3) is 4.43. The van der Waals surface area contributed by atoms with E-state index in [1.165, 1.54) is 6.07 Å². The number of nitrogens with zero attached hydrogens (tertiary/aromatic N) is 2. The van der Waals surface area contributed by atoms with E-state index in [0.717, 1.165) is 19.4 Å². The van der Waals surface area contributed by atoms with Gasteiger partial charge in [0, 0.05) is 24.9 Å². The first-order valence-electron chi connectivity index (χ1n) is 7.74. The standard InChI is InChI=1S/C16H18ClFN4OS/c17-13-10-22(9-11-4-1-2-6-14(11)18)21-15(13)20-16(24)19-8-12-5-3-7-23-12/h1-2,4,6,10,12H,3,5,7-9H2,(H2,19,20,21,24). The van der Waals surface area contributed by atoms with Crippen LogP contribution in [0, 0.1) is 5.82 Å². The van der Waals surface area contributed by atoms with E-state index in [1.807, 2.05) is 0 Å². The summed E-state index contributed by atoms with van der Waals surface area (Å²) in [4.78, 5) is 0. The van der Waals surface area contributed by atoms with Crippen LogP contribution in [0.25, 0.3) is 0 Å². The van der Waals surface area contributed by atoms with Gasteiger partial charge in [0.15, 0.2) is 10.9 Å². The second kappa shape index (κ2) is 7.92. The molecule has 0 radical (unpaired) electrons. The number of nitrogens with one attached hydrogen (secondary N) is 2. The Hall–Kier alpha value is -1.70. The molecule has 0 saturated carbocycles. The first-order chi connectivity index (χ1) is 11.6. The third-order valence-electron chi connectivity index (χ3n) is 3.75. The van der Waals surface area contributed by atoms with E-state index < -0.39 is 0 Å². The van der Waals surface area contributed by atoms with E-state index >= 15 is 0 Å². The number of benzene rings is 1. The number of halogens is 2. The highest BCUT2D eigenvalue weighted by atomic mass is 35.5. The molecule has 0 amide bonds. The zero-order chi connectivity index (χ0) is 16.9. The summed E-state index contributed by atoms with van der Waals surface area (Å²) in [5, 5.41) is 11.2. The lowest BCUT2D eigenvalue weighted by atomic mass is 10.2. The van der Waals surface area contributed by atoms with Crippen LogP contribution in [-0.2, 0) is 11.3 Å². The smallest absolute Gasteiger partial charge is 0.173 e. The highest BCUT2D eigenvalue weighted by Crippen LogP contribution is 2.20. The number of hydrogen-bond acceptors (Lipinski definition) is 3. The molecule has 3 rings (SSSR count). The molecule has 1 unspecified atom stereocenters. The molecular weight excluding hydrogens is 351 g/mol. The van der Waals surface area contributed by atoms with Crippen LogP contribution in [0.1, 0.15) is 18.4 Å². The quantitative estimate of drug-likeness (QED) is 0.794. The van der Waals surface area contributed by atoms with E-state index in [0.29, 0.717) is 34.6 Å². The third-order valence-corrected chi connectivity index (χ3v) is 4.28. The van der Waals surface area contributed by atoms with Gasteiger partial charge in [-0.3, -0.25) is 4.68 Å². The summed E-state index contributed by atoms with van der Waals surface area (Å²) in [5.74, 6) is 0.172. The van der Waals surface area contributed by atoms with Crippen molar-refractivity contribution in [2.24, 2.45) is 0 Å². The topological polar surface area (TPSA) is 51.1 Å². The fraction of sp³-hybridized carbons (Fsp3) is 0.375. The summed E-state index contributed by atoms with van der Waals surface area (Å²) < 4.78 is 20.8. The van der Waals surface area contributed by atoms with Gasteiger partial charge < -0.3 is 15.4 Å². The predicted molar refractivity (Wildman–Crippen MR) is 95.9 cm³/mol. The highest BCUT2D eigenvalue weighted by Gasteiger charge is 2.16. The predicted octanol–water partition coefficient (Wildman–Crippen LogP) is 3.19. The van der Waals surface area contributed by atoms with Gasteiger partial charge in [-0.05, 0) is 31.1 Å². The molecule has 1 atom stereocenters. The molecule has 1 aromatic heterocycles. The number of ether oxygens (including phenoxy) is 1. The Bertz CT molecular complexity index is 718. The second-order valence-electron chi connectivity index (χ2n) is 5.58. The summed E-state index contributed by atoms with van der Waals surface area (Å²) in [6.07, 6.45) is 3.95. The van der Waals surface area contributed by atoms with Gasteiger partial charge >= 0.3 is 0 Å². The molecule has 1 aliphatic heterocycles. The summed E-state index contributed by atoms with van der Waals surface area (Å²) in [6.45, 7) is 1.75. The largest absolute Gasteiger partial charge is 0.376 e. The Morgan fingerprint density at radius 2 is 2.29 bits per heavy atom. The van der Waals surface area contributed by atoms with Crippen molar-refractivity contribution >= 4 is 34.7 Å². The fourth-order valence-electron chi connectivity index (χ4n) is 2.53. The van der Waals surface area contributed by atoms with Gasteiger partial charge in [0.05, 0.1) is 12.6 Å². The first-order valence-corrected chi connectivity index (χ1v) is 8.53. The second-order valence-corrected chi connectivity index (χ2v) is 6.40. The summed E-state index contributed by atoms with van der Waals surface area (Å²) in [5.41, 5.74) is 0.544. The van der Waals surface area contributed by atoms with E-state index in [4.69, 9.17) is 28.6 Å². The van der Waals surface area contributed by atoms with Crippen molar-refractivity contribution < 1.29 is 9.13 Å². The minimum absolute atomic E-state index is 0.193. The molecule has 2 aromatic rings. The zero-order valence-electron chi connectivity index (χ0n) is 13.0. The molecule has 2 heterocycles. The van der Waals surface area contributed by atoms with E-state index in [1.54, 1.807) is 29.1 Å². The van der Waals surface area contributed by atoms with Gasteiger partial charge in [0.2, 0.25) is 0 Å². The molecule has 128 valence electrons. The molecule has 5 nitrogen and oxygen atoms in total. The van der Waals surface area contributed by atoms with Crippen LogP contribution in [0.4, 0.5) is 10.2 Å². The van der Waals surface area contributed by atoms with Gasteiger partial charge in [-0.2, -0.15) is 5.10 Å². The lowest BCUT2D eigenvalue weighted by molar-refractivity contribution is 0.114. The maximum Gasteiger partial charge on any atom is 0.173 e. The van der Waals surface area contributed by atoms with Crippen molar-refractivity contribution in [3.05, 3.63) is 46.9 Å². The molecule has 0 bridgehead atoms. The monoisotopic (exact) mass is 368 g/mol. The van der Waals surface area contributed by atoms with Gasteiger partial charge in [-0.1, -0.05) is 29.8 Å². The lowest BCUT2D eigenvalue weighted by Gasteiger charge is -2.13. The molecule has 1 aliphatic rings. The SMILES string of the molecule is Fc1ccccc1Cn1cc(Cl)c(NC(=S)NCC2CCCO2)n1. The number of hydrogen-bond donors (Lipinski definition) is 2. The molecule has 1 fully saturated rings. The fourth-order valence-corrected chi connectivity index (χ4v) is 2.91. The summed E-state index contributed by atoms with van der Waals surface area (Å²) >= 11 is 11.4. The molecule has 8 heteroatoms. The molecule has 0 aliphatic carbocycles.